The van der Waals surface area contributed by atoms with Crippen LogP contribution in [-0.2, 0) is 17.7 Å². The van der Waals surface area contributed by atoms with Gasteiger partial charge >= 0.3 is 0 Å². The van der Waals surface area contributed by atoms with Crippen molar-refractivity contribution in [3.05, 3.63) is 23.3 Å². The van der Waals surface area contributed by atoms with Crippen LogP contribution >= 0.6 is 0 Å². The summed E-state index contributed by atoms with van der Waals surface area (Å²) in [5.41, 5.74) is 2.03. The SMILES string of the molecule is C#CC1(OC[C@@H](O)CN2CCc3cc(OC)c(OC)cc3C2)CCCCC1. The second-order valence-electron chi connectivity index (χ2n) is 7.63. The fraction of sp³-hybridized carbons (Fsp3) is 0.636. The number of nitrogens with zero attached hydrogens (tertiary/aromatic N) is 1. The Balaban J connectivity index is 1.55. The van der Waals surface area contributed by atoms with Crippen molar-refractivity contribution in [2.45, 2.75) is 56.8 Å². The average molecular weight is 373 g/mol. The molecule has 3 rings (SSSR count). The van der Waals surface area contributed by atoms with Crippen LogP contribution in [0.3, 0.4) is 0 Å². The van der Waals surface area contributed by atoms with E-state index in [9.17, 15) is 5.11 Å². The monoisotopic (exact) mass is 373 g/mol. The first-order valence-electron chi connectivity index (χ1n) is 9.85. The minimum absolute atomic E-state index is 0.291. The molecule has 1 aromatic carbocycles. The molecule has 1 heterocycles. The van der Waals surface area contributed by atoms with E-state index in [2.05, 4.69) is 16.9 Å². The summed E-state index contributed by atoms with van der Waals surface area (Å²) < 4.78 is 16.8. The molecule has 5 heteroatoms. The van der Waals surface area contributed by atoms with Crippen LogP contribution in [0.5, 0.6) is 11.5 Å². The second kappa shape index (κ2) is 8.97. The zero-order valence-electron chi connectivity index (χ0n) is 16.5. The van der Waals surface area contributed by atoms with E-state index in [1.54, 1.807) is 14.2 Å². The van der Waals surface area contributed by atoms with Crippen LogP contribution in [0.2, 0.25) is 0 Å². The molecular formula is C22H31NO4. The Kier molecular flexibility index (Phi) is 6.64. The largest absolute Gasteiger partial charge is 0.493 e. The lowest BCUT2D eigenvalue weighted by Gasteiger charge is -2.35. The summed E-state index contributed by atoms with van der Waals surface area (Å²) in [6, 6.07) is 4.10. The number of rotatable bonds is 7. The van der Waals surface area contributed by atoms with Crippen molar-refractivity contribution in [1.82, 2.24) is 4.90 Å². The average Bonchev–Trinajstić information content (AvgIpc) is 2.71. The molecule has 1 aromatic rings. The minimum Gasteiger partial charge on any atom is -0.493 e. The third-order valence-corrected chi connectivity index (χ3v) is 5.74. The van der Waals surface area contributed by atoms with E-state index in [1.807, 2.05) is 6.07 Å². The maximum absolute atomic E-state index is 10.5. The molecule has 148 valence electrons. The van der Waals surface area contributed by atoms with Crippen LogP contribution in [0.4, 0.5) is 0 Å². The van der Waals surface area contributed by atoms with Gasteiger partial charge < -0.3 is 19.3 Å². The van der Waals surface area contributed by atoms with Gasteiger partial charge in [0.1, 0.15) is 5.60 Å². The van der Waals surface area contributed by atoms with E-state index >= 15 is 0 Å². The van der Waals surface area contributed by atoms with Crippen molar-refractivity contribution in [2.24, 2.45) is 0 Å². The van der Waals surface area contributed by atoms with Crippen molar-refractivity contribution in [2.75, 3.05) is 33.9 Å². The van der Waals surface area contributed by atoms with Gasteiger partial charge in [0.25, 0.3) is 0 Å². The Morgan fingerprint density at radius 1 is 1.15 bits per heavy atom. The normalized spacial score (nSPS) is 20.4. The predicted molar refractivity (Wildman–Crippen MR) is 105 cm³/mol. The lowest BCUT2D eigenvalue weighted by atomic mass is 9.85. The van der Waals surface area contributed by atoms with Gasteiger partial charge in [-0.05, 0) is 55.4 Å². The van der Waals surface area contributed by atoms with Crippen molar-refractivity contribution in [3.63, 3.8) is 0 Å². The van der Waals surface area contributed by atoms with E-state index in [0.717, 1.165) is 56.7 Å². The number of fused-ring (bicyclic) bond motifs is 1. The molecule has 1 aliphatic carbocycles. The van der Waals surface area contributed by atoms with Gasteiger partial charge in [0.2, 0.25) is 0 Å². The van der Waals surface area contributed by atoms with Gasteiger partial charge in [-0.15, -0.1) is 6.42 Å². The van der Waals surface area contributed by atoms with E-state index in [4.69, 9.17) is 20.6 Å². The Hall–Kier alpha value is -1.74. The number of hydrogen-bond donors (Lipinski definition) is 1. The van der Waals surface area contributed by atoms with E-state index in [1.165, 1.54) is 17.5 Å². The summed E-state index contributed by atoms with van der Waals surface area (Å²) in [5, 5.41) is 10.5. The number of ether oxygens (including phenoxy) is 3. The van der Waals surface area contributed by atoms with Crippen LogP contribution in [0, 0.1) is 12.3 Å². The fourth-order valence-electron chi connectivity index (χ4n) is 4.16. The number of benzene rings is 1. The lowest BCUT2D eigenvalue weighted by Crippen LogP contribution is -2.41. The molecule has 0 saturated heterocycles. The summed E-state index contributed by atoms with van der Waals surface area (Å²) in [7, 11) is 3.31. The topological polar surface area (TPSA) is 51.2 Å². The van der Waals surface area contributed by atoms with Gasteiger partial charge in [0.05, 0.1) is 26.9 Å². The number of β-amino-alcohol motifs (C(OH)–C–C–N with tert-alkyl or cyclic N) is 1. The van der Waals surface area contributed by atoms with Gasteiger partial charge in [-0.2, -0.15) is 0 Å². The number of hydrogen-bond acceptors (Lipinski definition) is 5. The Bertz CT molecular complexity index is 676. The zero-order valence-corrected chi connectivity index (χ0v) is 16.5. The highest BCUT2D eigenvalue weighted by Gasteiger charge is 2.31. The number of aliphatic hydroxyl groups excluding tert-OH is 1. The third kappa shape index (κ3) is 4.76. The lowest BCUT2D eigenvalue weighted by molar-refractivity contribution is -0.0703. The molecule has 5 nitrogen and oxygen atoms in total. The van der Waals surface area contributed by atoms with Gasteiger partial charge in [-0.25, -0.2) is 0 Å². The summed E-state index contributed by atoms with van der Waals surface area (Å²) in [6.45, 7) is 2.56. The summed E-state index contributed by atoms with van der Waals surface area (Å²) in [4.78, 5) is 2.26. The van der Waals surface area contributed by atoms with Crippen LogP contribution in [-0.4, -0.2) is 55.6 Å². The molecule has 0 aromatic heterocycles. The Morgan fingerprint density at radius 2 is 1.81 bits per heavy atom. The Morgan fingerprint density at radius 3 is 2.44 bits per heavy atom. The first-order valence-corrected chi connectivity index (χ1v) is 9.85. The molecule has 1 aliphatic heterocycles. The quantitative estimate of drug-likeness (QED) is 0.745. The molecule has 0 bridgehead atoms. The number of methoxy groups -OCH3 is 2. The molecule has 1 atom stereocenters. The Labute approximate surface area is 162 Å². The van der Waals surface area contributed by atoms with E-state index < -0.39 is 11.7 Å². The molecule has 27 heavy (non-hydrogen) atoms. The molecule has 1 N–H and O–H groups in total. The maximum atomic E-state index is 10.5. The molecule has 0 amide bonds. The van der Waals surface area contributed by atoms with Gasteiger partial charge in [-0.3, -0.25) is 4.90 Å². The van der Waals surface area contributed by atoms with Crippen LogP contribution in [0.15, 0.2) is 12.1 Å². The van der Waals surface area contributed by atoms with Crippen LogP contribution in [0.1, 0.15) is 43.2 Å². The molecule has 0 unspecified atom stereocenters. The van der Waals surface area contributed by atoms with Gasteiger partial charge in [0, 0.05) is 19.6 Å². The molecule has 1 fully saturated rings. The van der Waals surface area contributed by atoms with Crippen LogP contribution < -0.4 is 9.47 Å². The first kappa shape index (κ1) is 20.0. The van der Waals surface area contributed by atoms with Crippen molar-refractivity contribution in [3.8, 4) is 23.8 Å². The molecule has 0 radical (unpaired) electrons. The van der Waals surface area contributed by atoms with E-state index in [-0.39, 0.29) is 0 Å². The highest BCUT2D eigenvalue weighted by molar-refractivity contribution is 5.48. The zero-order chi connectivity index (χ0) is 19.3. The van der Waals surface area contributed by atoms with Crippen LogP contribution in [0.25, 0.3) is 0 Å². The van der Waals surface area contributed by atoms with Crippen molar-refractivity contribution >= 4 is 0 Å². The van der Waals surface area contributed by atoms with Crippen molar-refractivity contribution in [1.29, 1.82) is 0 Å². The van der Waals surface area contributed by atoms with Crippen molar-refractivity contribution < 1.29 is 19.3 Å². The maximum Gasteiger partial charge on any atom is 0.161 e. The highest BCUT2D eigenvalue weighted by Crippen LogP contribution is 2.34. The first-order chi connectivity index (χ1) is 13.1. The molecule has 2 aliphatic rings. The fourth-order valence-corrected chi connectivity index (χ4v) is 4.16. The van der Waals surface area contributed by atoms with Gasteiger partial charge in [0.15, 0.2) is 11.5 Å². The number of aliphatic hydroxyl groups is 1. The summed E-state index contributed by atoms with van der Waals surface area (Å²) in [6.07, 6.45) is 11.3. The third-order valence-electron chi connectivity index (χ3n) is 5.74. The molecular weight excluding hydrogens is 342 g/mol. The smallest absolute Gasteiger partial charge is 0.161 e. The standard InChI is InChI=1S/C22H31NO4/c1-4-22(9-6-5-7-10-22)27-16-19(24)15-23-11-8-17-12-20(25-2)21(26-3)13-18(17)14-23/h1,12-13,19,24H,5-11,14-16H2,2-3H3/t19-/m0/s1. The summed E-state index contributed by atoms with van der Waals surface area (Å²) in [5.74, 6) is 4.35. The van der Waals surface area contributed by atoms with Gasteiger partial charge in [-0.1, -0.05) is 12.3 Å². The minimum atomic E-state index is -0.543. The van der Waals surface area contributed by atoms with E-state index in [0.29, 0.717) is 13.2 Å². The molecule has 0 spiro atoms. The summed E-state index contributed by atoms with van der Waals surface area (Å²) >= 11 is 0. The second-order valence-corrected chi connectivity index (χ2v) is 7.63. The molecule has 1 saturated carbocycles. The number of terminal acetylenes is 1. The predicted octanol–water partition coefficient (Wildman–Crippen LogP) is 2.78. The highest BCUT2D eigenvalue weighted by atomic mass is 16.5.